The first-order chi connectivity index (χ1) is 4.83. The highest BCUT2D eigenvalue weighted by Gasteiger charge is 2.08. The van der Waals surface area contributed by atoms with E-state index in [1.54, 1.807) is 0 Å². The van der Waals surface area contributed by atoms with Gasteiger partial charge in [-0.1, -0.05) is 37.6 Å². The second kappa shape index (κ2) is 3.60. The Morgan fingerprint density at radius 2 is 2.50 bits per heavy atom. The molecule has 0 amide bonds. The van der Waals surface area contributed by atoms with E-state index in [1.165, 1.54) is 24.8 Å². The van der Waals surface area contributed by atoms with Gasteiger partial charge in [-0.25, -0.2) is 0 Å². The van der Waals surface area contributed by atoms with E-state index in [0.29, 0.717) is 0 Å². The zero-order valence-electron chi connectivity index (χ0n) is 6.77. The Hall–Kier alpha value is -0.520. The summed E-state index contributed by atoms with van der Waals surface area (Å²) in [4.78, 5) is 0. The smallest absolute Gasteiger partial charge is 0.0141 e. The van der Waals surface area contributed by atoms with Crippen molar-refractivity contribution in [3.8, 4) is 0 Å². The van der Waals surface area contributed by atoms with Gasteiger partial charge in [0.05, 0.1) is 0 Å². The second-order valence-corrected chi connectivity index (χ2v) is 3.14. The predicted octanol–water partition coefficient (Wildman–Crippen LogP) is 3.31. The van der Waals surface area contributed by atoms with Gasteiger partial charge in [-0.15, -0.1) is 0 Å². The average molecular weight is 136 g/mol. The van der Waals surface area contributed by atoms with Gasteiger partial charge < -0.3 is 0 Å². The summed E-state index contributed by atoms with van der Waals surface area (Å²) in [5.74, 6) is 0.797. The van der Waals surface area contributed by atoms with E-state index >= 15 is 0 Å². The fraction of sp³-hybridized carbons (Fsp3) is 0.600. The second-order valence-electron chi connectivity index (χ2n) is 3.14. The lowest BCUT2D eigenvalue weighted by Gasteiger charge is -2.16. The highest BCUT2D eigenvalue weighted by atomic mass is 14.1. The van der Waals surface area contributed by atoms with Crippen molar-refractivity contribution in [1.82, 2.24) is 0 Å². The number of hydrogen-bond donors (Lipinski definition) is 0. The van der Waals surface area contributed by atoms with E-state index < -0.39 is 0 Å². The van der Waals surface area contributed by atoms with Crippen molar-refractivity contribution < 1.29 is 0 Å². The maximum absolute atomic E-state index is 4.00. The van der Waals surface area contributed by atoms with Gasteiger partial charge in [-0.3, -0.25) is 0 Å². The number of allylic oxidation sites excluding steroid dienone is 3. The van der Waals surface area contributed by atoms with Gasteiger partial charge >= 0.3 is 0 Å². The van der Waals surface area contributed by atoms with Crippen LogP contribution in [0.2, 0.25) is 0 Å². The van der Waals surface area contributed by atoms with Crippen LogP contribution in [0.1, 0.15) is 32.6 Å². The van der Waals surface area contributed by atoms with Crippen LogP contribution in [0.3, 0.4) is 0 Å². The first kappa shape index (κ1) is 7.59. The van der Waals surface area contributed by atoms with Crippen molar-refractivity contribution in [3.05, 3.63) is 24.3 Å². The molecule has 10 heavy (non-hydrogen) atoms. The van der Waals surface area contributed by atoms with Crippen molar-refractivity contribution in [1.29, 1.82) is 0 Å². The van der Waals surface area contributed by atoms with Crippen LogP contribution in [0.15, 0.2) is 24.3 Å². The van der Waals surface area contributed by atoms with E-state index in [4.69, 9.17) is 0 Å². The SMILES string of the molecule is C=C1CC=CC(CCC)C1. The normalized spacial score (nSPS) is 25.3. The molecule has 0 spiro atoms. The van der Waals surface area contributed by atoms with E-state index in [0.717, 1.165) is 12.3 Å². The van der Waals surface area contributed by atoms with E-state index in [9.17, 15) is 0 Å². The minimum atomic E-state index is 0.797. The molecular formula is C10H16. The van der Waals surface area contributed by atoms with Crippen molar-refractivity contribution in [2.24, 2.45) is 5.92 Å². The van der Waals surface area contributed by atoms with Gasteiger partial charge in [0.25, 0.3) is 0 Å². The Morgan fingerprint density at radius 3 is 3.10 bits per heavy atom. The summed E-state index contributed by atoms with van der Waals surface area (Å²) in [6.07, 6.45) is 9.56. The van der Waals surface area contributed by atoms with Crippen LogP contribution >= 0.6 is 0 Å². The monoisotopic (exact) mass is 136 g/mol. The maximum atomic E-state index is 4.00. The van der Waals surface area contributed by atoms with Crippen LogP contribution in [-0.2, 0) is 0 Å². The maximum Gasteiger partial charge on any atom is -0.0141 e. The summed E-state index contributed by atoms with van der Waals surface area (Å²) in [6, 6.07) is 0. The quantitative estimate of drug-likeness (QED) is 0.511. The summed E-state index contributed by atoms with van der Waals surface area (Å²) in [6.45, 7) is 6.24. The number of hydrogen-bond acceptors (Lipinski definition) is 0. The molecule has 0 aromatic rings. The molecule has 1 aliphatic carbocycles. The summed E-state index contributed by atoms with van der Waals surface area (Å²) in [5.41, 5.74) is 1.40. The molecule has 0 radical (unpaired) electrons. The molecule has 0 aliphatic heterocycles. The molecule has 0 heterocycles. The molecule has 0 aromatic heterocycles. The predicted molar refractivity (Wildman–Crippen MR) is 45.9 cm³/mol. The zero-order chi connectivity index (χ0) is 7.40. The Balaban J connectivity index is 2.39. The first-order valence-corrected chi connectivity index (χ1v) is 4.16. The molecule has 1 atom stereocenters. The molecule has 0 fully saturated rings. The van der Waals surface area contributed by atoms with Gasteiger partial charge in [0, 0.05) is 0 Å². The first-order valence-electron chi connectivity index (χ1n) is 4.16. The van der Waals surface area contributed by atoms with Gasteiger partial charge in [0.1, 0.15) is 0 Å². The molecule has 0 saturated heterocycles. The van der Waals surface area contributed by atoms with E-state index in [2.05, 4.69) is 25.7 Å². The van der Waals surface area contributed by atoms with Crippen LogP contribution in [0.4, 0.5) is 0 Å². The Bertz CT molecular complexity index is 142. The van der Waals surface area contributed by atoms with Crippen molar-refractivity contribution >= 4 is 0 Å². The Morgan fingerprint density at radius 1 is 1.70 bits per heavy atom. The standard InChI is InChI=1S/C10H16/c1-3-5-10-7-4-6-9(2)8-10/h4,7,10H,2-3,5-6,8H2,1H3. The third-order valence-corrected chi connectivity index (χ3v) is 2.03. The minimum Gasteiger partial charge on any atom is -0.0995 e. The fourth-order valence-corrected chi connectivity index (χ4v) is 1.52. The van der Waals surface area contributed by atoms with Crippen molar-refractivity contribution in [2.75, 3.05) is 0 Å². The molecule has 56 valence electrons. The van der Waals surface area contributed by atoms with Crippen molar-refractivity contribution in [3.63, 3.8) is 0 Å². The highest BCUT2D eigenvalue weighted by Crippen LogP contribution is 2.24. The van der Waals surface area contributed by atoms with E-state index in [1.807, 2.05) is 0 Å². The lowest BCUT2D eigenvalue weighted by atomic mass is 9.89. The van der Waals surface area contributed by atoms with Crippen LogP contribution in [-0.4, -0.2) is 0 Å². The van der Waals surface area contributed by atoms with Gasteiger partial charge in [0.2, 0.25) is 0 Å². The van der Waals surface area contributed by atoms with Gasteiger partial charge in [0.15, 0.2) is 0 Å². The van der Waals surface area contributed by atoms with E-state index in [-0.39, 0.29) is 0 Å². The van der Waals surface area contributed by atoms with Crippen LogP contribution in [0.25, 0.3) is 0 Å². The molecule has 0 N–H and O–H groups in total. The summed E-state index contributed by atoms with van der Waals surface area (Å²) in [7, 11) is 0. The lowest BCUT2D eigenvalue weighted by Crippen LogP contribution is -2.01. The molecule has 0 heteroatoms. The summed E-state index contributed by atoms with van der Waals surface area (Å²) >= 11 is 0. The molecule has 1 unspecified atom stereocenters. The number of rotatable bonds is 2. The van der Waals surface area contributed by atoms with Crippen molar-refractivity contribution in [2.45, 2.75) is 32.6 Å². The Kier molecular flexibility index (Phi) is 2.73. The third kappa shape index (κ3) is 2.02. The lowest BCUT2D eigenvalue weighted by molar-refractivity contribution is 0.558. The van der Waals surface area contributed by atoms with Gasteiger partial charge in [-0.05, 0) is 25.2 Å². The summed E-state index contributed by atoms with van der Waals surface area (Å²) < 4.78 is 0. The van der Waals surface area contributed by atoms with Crippen LogP contribution in [0.5, 0.6) is 0 Å². The van der Waals surface area contributed by atoms with Crippen LogP contribution in [0, 0.1) is 5.92 Å². The topological polar surface area (TPSA) is 0 Å². The molecule has 0 bridgehead atoms. The fourth-order valence-electron chi connectivity index (χ4n) is 1.52. The largest absolute Gasteiger partial charge is 0.0995 e. The molecule has 0 aromatic carbocycles. The average Bonchev–Trinajstić information content (AvgIpc) is 1.88. The Labute approximate surface area is 63.6 Å². The molecule has 0 saturated carbocycles. The third-order valence-electron chi connectivity index (χ3n) is 2.03. The zero-order valence-corrected chi connectivity index (χ0v) is 6.77. The molecular weight excluding hydrogens is 120 g/mol. The molecule has 1 aliphatic rings. The minimum absolute atomic E-state index is 0.797. The summed E-state index contributed by atoms with van der Waals surface area (Å²) in [5, 5.41) is 0. The van der Waals surface area contributed by atoms with Gasteiger partial charge in [-0.2, -0.15) is 0 Å². The molecule has 1 rings (SSSR count). The highest BCUT2D eigenvalue weighted by molar-refractivity contribution is 5.11. The van der Waals surface area contributed by atoms with Crippen LogP contribution < -0.4 is 0 Å². The molecule has 0 nitrogen and oxygen atoms in total.